The van der Waals surface area contributed by atoms with Gasteiger partial charge in [-0.1, -0.05) is 47.9 Å². The fourth-order valence-electron chi connectivity index (χ4n) is 5.48. The number of rotatable bonds is 8. The van der Waals surface area contributed by atoms with Crippen LogP contribution in [0, 0.1) is 35.3 Å². The number of nitrogens with two attached hydrogens (primary N) is 2. The minimum absolute atomic E-state index is 0.0211. The fraction of sp³-hybridized carbons (Fsp3) is 0.0667. The van der Waals surface area contributed by atoms with Crippen molar-refractivity contribution in [3.63, 3.8) is 0 Å². The number of anilines is 2. The molecule has 0 amide bonds. The van der Waals surface area contributed by atoms with Crippen molar-refractivity contribution in [3.8, 4) is 23.7 Å². The second-order valence-electron chi connectivity index (χ2n) is 12.7. The summed E-state index contributed by atoms with van der Waals surface area (Å²) in [5.41, 5.74) is 14.6. The summed E-state index contributed by atoms with van der Waals surface area (Å²) in [6.45, 7) is 0. The minimum atomic E-state index is -3.83. The van der Waals surface area contributed by atoms with E-state index in [1.807, 2.05) is 0 Å². The summed E-state index contributed by atoms with van der Waals surface area (Å²) < 4.78 is 82.9. The maximum absolute atomic E-state index is 13.1. The molecule has 0 saturated heterocycles. The monoisotopic (exact) mass is 832 g/mol. The highest BCUT2D eigenvalue weighted by atomic mass is 32.2. The van der Waals surface area contributed by atoms with Crippen molar-refractivity contribution >= 4 is 43.0 Å². The van der Waals surface area contributed by atoms with Gasteiger partial charge in [0, 0.05) is 33.6 Å². The SMILES string of the molecule is COC(=O)c1ccc(S(=O)(=O)Cc2cccc(N)c2)c(C#Cc2ccc(F)cc2)c1.Nc1cccc(CS(=O)(=O)c2ccc(C(=O)O)cc2C#Cc2ccc(F)cc2)c1. The molecule has 6 rings (SSSR count). The summed E-state index contributed by atoms with van der Waals surface area (Å²) in [7, 11) is -6.38. The molecular formula is C45H34F2N2O8S2. The third-order valence-electron chi connectivity index (χ3n) is 8.28. The van der Waals surface area contributed by atoms with E-state index in [1.165, 1.54) is 92.0 Å². The molecule has 59 heavy (non-hydrogen) atoms. The van der Waals surface area contributed by atoms with Crippen molar-refractivity contribution in [2.24, 2.45) is 0 Å². The molecule has 5 N–H and O–H groups in total. The molecule has 0 aromatic heterocycles. The second kappa shape index (κ2) is 18.8. The van der Waals surface area contributed by atoms with E-state index in [1.54, 1.807) is 48.5 Å². The molecule has 0 heterocycles. The smallest absolute Gasteiger partial charge is 0.337 e. The molecule has 0 aliphatic rings. The zero-order valence-corrected chi connectivity index (χ0v) is 32.8. The molecule has 10 nitrogen and oxygen atoms in total. The Labute approximate surface area is 339 Å². The first-order valence-electron chi connectivity index (χ1n) is 17.3. The van der Waals surface area contributed by atoms with Crippen LogP contribution in [0.5, 0.6) is 0 Å². The molecule has 6 aromatic carbocycles. The first-order chi connectivity index (χ1) is 28.0. The lowest BCUT2D eigenvalue weighted by Crippen LogP contribution is -2.09. The zero-order valence-electron chi connectivity index (χ0n) is 31.1. The van der Waals surface area contributed by atoms with Crippen LogP contribution in [0.1, 0.15) is 54.1 Å². The first kappa shape index (κ1) is 42.9. The van der Waals surface area contributed by atoms with Gasteiger partial charge in [-0.3, -0.25) is 0 Å². The van der Waals surface area contributed by atoms with Gasteiger partial charge < -0.3 is 21.3 Å². The predicted octanol–water partition coefficient (Wildman–Crippen LogP) is 7.05. The third kappa shape index (κ3) is 11.9. The van der Waals surface area contributed by atoms with E-state index in [0.717, 1.165) is 0 Å². The number of benzene rings is 6. The molecule has 0 bridgehead atoms. The minimum Gasteiger partial charge on any atom is -0.478 e. The van der Waals surface area contributed by atoms with E-state index in [9.17, 15) is 40.3 Å². The number of esters is 1. The van der Waals surface area contributed by atoms with Gasteiger partial charge >= 0.3 is 11.9 Å². The van der Waals surface area contributed by atoms with Crippen LogP contribution in [0.3, 0.4) is 0 Å². The molecule has 14 heteroatoms. The Morgan fingerprint density at radius 2 is 0.983 bits per heavy atom. The van der Waals surface area contributed by atoms with Crippen molar-refractivity contribution in [2.45, 2.75) is 21.3 Å². The van der Waals surface area contributed by atoms with Gasteiger partial charge in [-0.15, -0.1) is 0 Å². The number of hydrogen-bond donors (Lipinski definition) is 3. The molecule has 0 atom stereocenters. The number of carbonyl (C=O) groups is 2. The van der Waals surface area contributed by atoms with E-state index >= 15 is 0 Å². The topological polar surface area (TPSA) is 184 Å². The maximum Gasteiger partial charge on any atom is 0.337 e. The molecule has 0 aliphatic heterocycles. The number of ether oxygens (including phenoxy) is 1. The largest absolute Gasteiger partial charge is 0.478 e. The van der Waals surface area contributed by atoms with Crippen LogP contribution in [0.2, 0.25) is 0 Å². The van der Waals surface area contributed by atoms with Crippen molar-refractivity contribution in [3.05, 3.63) is 190 Å². The number of nitrogen functional groups attached to an aromatic ring is 2. The Morgan fingerprint density at radius 1 is 0.576 bits per heavy atom. The summed E-state index contributed by atoms with van der Waals surface area (Å²) in [5, 5.41) is 9.23. The highest BCUT2D eigenvalue weighted by molar-refractivity contribution is 7.91. The Kier molecular flexibility index (Phi) is 13.7. The van der Waals surface area contributed by atoms with E-state index in [4.69, 9.17) is 16.2 Å². The molecule has 0 unspecified atom stereocenters. The predicted molar refractivity (Wildman–Crippen MR) is 219 cm³/mol. The highest BCUT2D eigenvalue weighted by Crippen LogP contribution is 2.25. The lowest BCUT2D eigenvalue weighted by Gasteiger charge is -2.09. The summed E-state index contributed by atoms with van der Waals surface area (Å²) in [6, 6.07) is 31.7. The van der Waals surface area contributed by atoms with E-state index in [2.05, 4.69) is 23.7 Å². The number of halogens is 2. The number of hydrogen-bond acceptors (Lipinski definition) is 9. The molecule has 6 aromatic rings. The first-order valence-corrected chi connectivity index (χ1v) is 20.6. The molecule has 298 valence electrons. The van der Waals surface area contributed by atoms with Crippen LogP contribution in [0.25, 0.3) is 0 Å². The number of sulfone groups is 2. The molecular weight excluding hydrogens is 799 g/mol. The quantitative estimate of drug-likeness (QED) is 0.0816. The van der Waals surface area contributed by atoms with Gasteiger partial charge in [0.2, 0.25) is 0 Å². The zero-order chi connectivity index (χ0) is 42.7. The number of aromatic carboxylic acids is 1. The van der Waals surface area contributed by atoms with Gasteiger partial charge in [-0.05, 0) is 120 Å². The van der Waals surface area contributed by atoms with Crippen LogP contribution in [-0.2, 0) is 35.9 Å². The van der Waals surface area contributed by atoms with Gasteiger partial charge in [0.15, 0.2) is 19.7 Å². The average Bonchev–Trinajstić information content (AvgIpc) is 3.19. The maximum atomic E-state index is 13.1. The lowest BCUT2D eigenvalue weighted by atomic mass is 10.1. The van der Waals surface area contributed by atoms with E-state index < -0.39 is 43.2 Å². The third-order valence-corrected chi connectivity index (χ3v) is 11.8. The van der Waals surface area contributed by atoms with Crippen LogP contribution < -0.4 is 11.5 Å². The van der Waals surface area contributed by atoms with Gasteiger partial charge in [0.05, 0.1) is 39.5 Å². The van der Waals surface area contributed by atoms with E-state index in [0.29, 0.717) is 33.6 Å². The Bertz CT molecular complexity index is 2900. The Balaban J connectivity index is 0.000000224. The summed E-state index contributed by atoms with van der Waals surface area (Å²) in [4.78, 5) is 23.1. The highest BCUT2D eigenvalue weighted by Gasteiger charge is 2.22. The number of methoxy groups -OCH3 is 1. The van der Waals surface area contributed by atoms with Crippen LogP contribution >= 0.6 is 0 Å². The lowest BCUT2D eigenvalue weighted by molar-refractivity contribution is 0.0599. The van der Waals surface area contributed by atoms with Gasteiger partial charge in [-0.25, -0.2) is 35.2 Å². The second-order valence-corrected chi connectivity index (χ2v) is 16.7. The molecule has 0 saturated carbocycles. The average molecular weight is 833 g/mol. The van der Waals surface area contributed by atoms with Crippen LogP contribution in [-0.4, -0.2) is 41.0 Å². The van der Waals surface area contributed by atoms with Crippen molar-refractivity contribution < 1.29 is 45.0 Å². The molecule has 0 aliphatic carbocycles. The Morgan fingerprint density at radius 3 is 1.37 bits per heavy atom. The Hall–Kier alpha value is -7.26. The molecule has 0 spiro atoms. The van der Waals surface area contributed by atoms with Crippen LogP contribution in [0.4, 0.5) is 20.2 Å². The standard InChI is InChI=1S/C23H18FNO4S.C22H16FNO4S/c1-29-23(26)19-9-12-22(30(27,28)15-17-3-2-4-21(25)13-17)18(14-19)8-5-16-6-10-20(24)11-7-16;23-19-9-5-15(6-10-19)4-7-17-13-18(22(25)26)8-11-21(17)29(27,28)14-16-2-1-3-20(24)12-16/h2-4,6-7,9-14H,15,25H2,1H3;1-3,5-6,8-13H,14,24H2,(H,25,26). The summed E-state index contributed by atoms with van der Waals surface area (Å²) in [5.74, 6) is 7.82. The summed E-state index contributed by atoms with van der Waals surface area (Å²) in [6.07, 6.45) is 0. The number of carbonyl (C=O) groups excluding carboxylic acids is 1. The normalized spacial score (nSPS) is 10.8. The van der Waals surface area contributed by atoms with E-state index in [-0.39, 0.29) is 43.6 Å². The van der Waals surface area contributed by atoms with Crippen molar-refractivity contribution in [2.75, 3.05) is 18.6 Å². The summed E-state index contributed by atoms with van der Waals surface area (Å²) >= 11 is 0. The fourth-order valence-corrected chi connectivity index (χ4v) is 8.47. The number of carboxylic acid groups (broad SMARTS) is 1. The van der Waals surface area contributed by atoms with Crippen molar-refractivity contribution in [1.82, 2.24) is 0 Å². The van der Waals surface area contributed by atoms with Crippen LogP contribution in [0.15, 0.2) is 143 Å². The van der Waals surface area contributed by atoms with Gasteiger partial charge in [0.25, 0.3) is 0 Å². The van der Waals surface area contributed by atoms with Gasteiger partial charge in [-0.2, -0.15) is 0 Å². The van der Waals surface area contributed by atoms with Crippen molar-refractivity contribution in [1.29, 1.82) is 0 Å². The molecule has 0 radical (unpaired) electrons. The molecule has 0 fully saturated rings. The number of carboxylic acids is 1. The van der Waals surface area contributed by atoms with Gasteiger partial charge in [0.1, 0.15) is 11.6 Å².